The summed E-state index contributed by atoms with van der Waals surface area (Å²) < 4.78 is 16.9. The zero-order valence-electron chi connectivity index (χ0n) is 42.3. The van der Waals surface area contributed by atoms with Gasteiger partial charge in [0.2, 0.25) is 0 Å². The molecule has 6 heteroatoms. The van der Waals surface area contributed by atoms with Gasteiger partial charge in [-0.1, -0.05) is 278 Å². The minimum Gasteiger partial charge on any atom is -0.462 e. The second-order valence-corrected chi connectivity index (χ2v) is 19.7. The predicted molar refractivity (Wildman–Crippen MR) is 266 cm³/mol. The first-order valence-corrected chi connectivity index (χ1v) is 27.9. The van der Waals surface area contributed by atoms with Crippen LogP contribution in [0.5, 0.6) is 0 Å². The molecule has 0 bridgehead atoms. The summed E-state index contributed by atoms with van der Waals surface area (Å²) in [6, 6.07) is 0. The van der Waals surface area contributed by atoms with E-state index in [4.69, 9.17) is 14.2 Å². The van der Waals surface area contributed by atoms with Gasteiger partial charge >= 0.3 is 17.9 Å². The third-order valence-corrected chi connectivity index (χ3v) is 12.8. The van der Waals surface area contributed by atoms with Gasteiger partial charge in [-0.25, -0.2) is 0 Å². The molecular formula is C56H108O6. The Morgan fingerprint density at radius 2 is 0.532 bits per heavy atom. The van der Waals surface area contributed by atoms with Crippen molar-refractivity contribution in [2.24, 2.45) is 5.92 Å². The lowest BCUT2D eigenvalue weighted by atomic mass is 10.0. The molecule has 0 aromatic heterocycles. The van der Waals surface area contributed by atoms with Crippen molar-refractivity contribution >= 4 is 17.9 Å². The largest absolute Gasteiger partial charge is 0.462 e. The van der Waals surface area contributed by atoms with Crippen molar-refractivity contribution in [3.8, 4) is 0 Å². The van der Waals surface area contributed by atoms with Crippen LogP contribution in [0.25, 0.3) is 0 Å². The van der Waals surface area contributed by atoms with Crippen molar-refractivity contribution in [2.75, 3.05) is 13.2 Å². The van der Waals surface area contributed by atoms with Crippen LogP contribution in [0.4, 0.5) is 0 Å². The van der Waals surface area contributed by atoms with Gasteiger partial charge in [0.05, 0.1) is 0 Å². The van der Waals surface area contributed by atoms with Crippen LogP contribution in [0.1, 0.15) is 317 Å². The summed E-state index contributed by atoms with van der Waals surface area (Å²) in [6.07, 6.45) is 53.7. The van der Waals surface area contributed by atoms with E-state index >= 15 is 0 Å². The first-order chi connectivity index (χ1) is 30.4. The van der Waals surface area contributed by atoms with Crippen molar-refractivity contribution in [3.63, 3.8) is 0 Å². The summed E-state index contributed by atoms with van der Waals surface area (Å²) in [7, 11) is 0. The summed E-state index contributed by atoms with van der Waals surface area (Å²) in [4.78, 5) is 38.0. The molecule has 0 aromatic carbocycles. The number of unbranched alkanes of at least 4 members (excludes halogenated alkanes) is 38. The van der Waals surface area contributed by atoms with Gasteiger partial charge < -0.3 is 14.2 Å². The second kappa shape index (κ2) is 50.4. The molecule has 1 atom stereocenters. The molecule has 0 spiro atoms. The van der Waals surface area contributed by atoms with E-state index in [1.54, 1.807) is 0 Å². The minimum absolute atomic E-state index is 0.0620. The number of hydrogen-bond acceptors (Lipinski definition) is 6. The number of carbonyl (C=O) groups is 3. The van der Waals surface area contributed by atoms with Crippen LogP contribution in [0.2, 0.25) is 0 Å². The van der Waals surface area contributed by atoms with Crippen LogP contribution in [0, 0.1) is 5.92 Å². The Bertz CT molecular complexity index is 933. The van der Waals surface area contributed by atoms with Gasteiger partial charge in [0.15, 0.2) is 6.10 Å². The Hall–Kier alpha value is -1.59. The maximum absolute atomic E-state index is 12.8. The van der Waals surface area contributed by atoms with Gasteiger partial charge in [-0.2, -0.15) is 0 Å². The van der Waals surface area contributed by atoms with E-state index in [-0.39, 0.29) is 31.1 Å². The molecule has 0 aromatic rings. The Morgan fingerprint density at radius 3 is 0.790 bits per heavy atom. The number of esters is 3. The molecule has 62 heavy (non-hydrogen) atoms. The third-order valence-electron chi connectivity index (χ3n) is 12.8. The molecule has 0 fully saturated rings. The van der Waals surface area contributed by atoms with E-state index in [9.17, 15) is 14.4 Å². The molecule has 6 nitrogen and oxygen atoms in total. The van der Waals surface area contributed by atoms with E-state index in [0.717, 1.165) is 63.7 Å². The Balaban J connectivity index is 4.29. The van der Waals surface area contributed by atoms with Gasteiger partial charge in [0.1, 0.15) is 13.2 Å². The summed E-state index contributed by atoms with van der Waals surface area (Å²) >= 11 is 0. The lowest BCUT2D eigenvalue weighted by Crippen LogP contribution is -2.30. The molecule has 0 rings (SSSR count). The summed E-state index contributed by atoms with van der Waals surface area (Å²) in [5.74, 6) is 0.00728. The van der Waals surface area contributed by atoms with Crippen LogP contribution in [-0.2, 0) is 28.6 Å². The SMILES string of the molecule is CCCCCCCCCCCCCCCCC(=O)O[C@@H](COC(=O)CCCCCCCCCCCCCCC)COC(=O)CCCCCCCCCCCCCCCCC(C)C. The van der Waals surface area contributed by atoms with Crippen molar-refractivity contribution < 1.29 is 28.6 Å². The highest BCUT2D eigenvalue weighted by molar-refractivity contribution is 5.71. The molecule has 368 valence electrons. The minimum atomic E-state index is -0.761. The second-order valence-electron chi connectivity index (χ2n) is 19.7. The van der Waals surface area contributed by atoms with Gasteiger partial charge in [0, 0.05) is 19.3 Å². The quantitative estimate of drug-likeness (QED) is 0.0344. The van der Waals surface area contributed by atoms with Crippen molar-refractivity contribution in [1.29, 1.82) is 0 Å². The van der Waals surface area contributed by atoms with Gasteiger partial charge in [-0.05, 0) is 25.2 Å². The maximum Gasteiger partial charge on any atom is 0.306 e. The zero-order valence-corrected chi connectivity index (χ0v) is 42.3. The number of hydrogen-bond donors (Lipinski definition) is 0. The average molecular weight is 877 g/mol. The zero-order chi connectivity index (χ0) is 45.2. The smallest absolute Gasteiger partial charge is 0.306 e. The van der Waals surface area contributed by atoms with Crippen LogP contribution in [0.3, 0.4) is 0 Å². The predicted octanol–water partition coefficient (Wildman–Crippen LogP) is 18.2. The molecule has 0 aliphatic carbocycles. The normalized spacial score (nSPS) is 12.0. The molecule has 0 heterocycles. The highest BCUT2D eigenvalue weighted by atomic mass is 16.6. The monoisotopic (exact) mass is 877 g/mol. The van der Waals surface area contributed by atoms with Gasteiger partial charge in [-0.15, -0.1) is 0 Å². The molecule has 0 aliphatic rings. The lowest BCUT2D eigenvalue weighted by Gasteiger charge is -2.18. The molecular weight excluding hydrogens is 769 g/mol. The fourth-order valence-electron chi connectivity index (χ4n) is 8.57. The topological polar surface area (TPSA) is 78.9 Å². The van der Waals surface area contributed by atoms with Crippen LogP contribution in [0.15, 0.2) is 0 Å². The van der Waals surface area contributed by atoms with Crippen molar-refractivity contribution in [2.45, 2.75) is 323 Å². The highest BCUT2D eigenvalue weighted by Crippen LogP contribution is 2.18. The molecule has 0 unspecified atom stereocenters. The molecule has 0 saturated carbocycles. The van der Waals surface area contributed by atoms with Crippen LogP contribution >= 0.6 is 0 Å². The van der Waals surface area contributed by atoms with Gasteiger partial charge in [0.25, 0.3) is 0 Å². The fraction of sp³-hybridized carbons (Fsp3) is 0.946. The highest BCUT2D eigenvalue weighted by Gasteiger charge is 2.19. The first-order valence-electron chi connectivity index (χ1n) is 27.9. The maximum atomic E-state index is 12.8. The molecule has 0 aliphatic heterocycles. The number of carbonyl (C=O) groups excluding carboxylic acids is 3. The lowest BCUT2D eigenvalue weighted by molar-refractivity contribution is -0.167. The number of rotatable bonds is 51. The van der Waals surface area contributed by atoms with E-state index in [2.05, 4.69) is 27.7 Å². The van der Waals surface area contributed by atoms with Crippen molar-refractivity contribution in [3.05, 3.63) is 0 Å². The fourth-order valence-corrected chi connectivity index (χ4v) is 8.57. The Morgan fingerprint density at radius 1 is 0.306 bits per heavy atom. The Kier molecular flexibility index (Phi) is 49.1. The molecule has 0 radical (unpaired) electrons. The third kappa shape index (κ3) is 49.4. The average Bonchev–Trinajstić information content (AvgIpc) is 3.26. The first kappa shape index (κ1) is 60.4. The van der Waals surface area contributed by atoms with E-state index in [1.807, 2.05) is 0 Å². The van der Waals surface area contributed by atoms with E-state index in [1.165, 1.54) is 212 Å². The summed E-state index contributed by atoms with van der Waals surface area (Å²) in [5.41, 5.74) is 0. The summed E-state index contributed by atoms with van der Waals surface area (Å²) in [6.45, 7) is 9.06. The number of ether oxygens (including phenoxy) is 3. The molecule has 0 amide bonds. The Labute approximate surface area is 387 Å². The molecule has 0 saturated heterocycles. The van der Waals surface area contributed by atoms with Crippen molar-refractivity contribution in [1.82, 2.24) is 0 Å². The standard InChI is InChI=1S/C56H108O6/c1-5-7-9-11-13-15-17-19-24-29-33-37-41-45-49-56(59)62-53(50-60-54(57)47-43-39-35-31-27-22-18-16-14-12-10-8-6-2)51-61-55(58)48-44-40-36-32-28-25-21-20-23-26-30-34-38-42-46-52(3)4/h52-53H,5-51H2,1-4H3/t53-/m0/s1. The van der Waals surface area contributed by atoms with E-state index in [0.29, 0.717) is 19.3 Å². The summed E-state index contributed by atoms with van der Waals surface area (Å²) in [5, 5.41) is 0. The van der Waals surface area contributed by atoms with Gasteiger partial charge in [-0.3, -0.25) is 14.4 Å². The molecule has 0 N–H and O–H groups in total. The van der Waals surface area contributed by atoms with Crippen LogP contribution < -0.4 is 0 Å². The van der Waals surface area contributed by atoms with Crippen LogP contribution in [-0.4, -0.2) is 37.2 Å². The van der Waals surface area contributed by atoms with E-state index < -0.39 is 6.10 Å².